The molecule has 1 aromatic carbocycles. The van der Waals surface area contributed by atoms with E-state index in [9.17, 15) is 0 Å². The zero-order valence-corrected chi connectivity index (χ0v) is 15.4. The number of methoxy groups -OCH3 is 2. The summed E-state index contributed by atoms with van der Waals surface area (Å²) in [6.07, 6.45) is 3.39. The molecule has 0 aliphatic heterocycles. The first-order valence-electron chi connectivity index (χ1n) is 7.72. The Bertz CT molecular complexity index is 437. The maximum absolute atomic E-state index is 5.58. The van der Waals surface area contributed by atoms with Gasteiger partial charge in [0.15, 0.2) is 0 Å². The molecule has 0 radical (unpaired) electrons. The minimum Gasteiger partial charge on any atom is -0.496 e. The molecular weight excluding hydrogens is 330 g/mol. The number of benzene rings is 1. The largest absolute Gasteiger partial charge is 0.496 e. The second kappa shape index (κ2) is 9.31. The smallest absolute Gasteiger partial charge is 0.133 e. The van der Waals surface area contributed by atoms with Gasteiger partial charge in [0.25, 0.3) is 0 Å². The standard InChI is InChI=1S/C17H28BrNO2/c1-6-8-19-15(9-12(3)7-2)13-10-17(21-5)14(18)11-16(13)20-4/h10-12,15,19H,6-9H2,1-5H3. The number of hydrogen-bond acceptors (Lipinski definition) is 3. The third kappa shape index (κ3) is 5.19. The SMILES string of the molecule is CCCNC(CC(C)CC)c1cc(OC)c(Br)cc1OC. The van der Waals surface area contributed by atoms with Crippen LogP contribution in [0.15, 0.2) is 16.6 Å². The third-order valence-electron chi connectivity index (χ3n) is 3.86. The topological polar surface area (TPSA) is 30.5 Å². The lowest BCUT2D eigenvalue weighted by Crippen LogP contribution is -2.24. The van der Waals surface area contributed by atoms with Crippen LogP contribution < -0.4 is 14.8 Å². The van der Waals surface area contributed by atoms with E-state index in [1.54, 1.807) is 14.2 Å². The lowest BCUT2D eigenvalue weighted by atomic mass is 9.93. The summed E-state index contributed by atoms with van der Waals surface area (Å²) < 4.78 is 11.9. The summed E-state index contributed by atoms with van der Waals surface area (Å²) in [5.74, 6) is 2.41. The highest BCUT2D eigenvalue weighted by Gasteiger charge is 2.20. The molecule has 0 saturated carbocycles. The molecular formula is C17H28BrNO2. The van der Waals surface area contributed by atoms with Gasteiger partial charge in [0, 0.05) is 11.6 Å². The van der Waals surface area contributed by atoms with Crippen molar-refractivity contribution in [2.45, 2.75) is 46.1 Å². The number of hydrogen-bond donors (Lipinski definition) is 1. The molecule has 0 aromatic heterocycles. The van der Waals surface area contributed by atoms with Crippen LogP contribution in [0.4, 0.5) is 0 Å². The Kier molecular flexibility index (Phi) is 8.12. The maximum Gasteiger partial charge on any atom is 0.133 e. The Labute approximate surface area is 137 Å². The van der Waals surface area contributed by atoms with Gasteiger partial charge in [-0.3, -0.25) is 0 Å². The number of nitrogens with one attached hydrogen (secondary N) is 1. The summed E-state index contributed by atoms with van der Waals surface area (Å²) in [5.41, 5.74) is 1.17. The molecule has 2 unspecified atom stereocenters. The Morgan fingerprint density at radius 2 is 1.81 bits per heavy atom. The van der Waals surface area contributed by atoms with Gasteiger partial charge in [0.1, 0.15) is 11.5 Å². The van der Waals surface area contributed by atoms with Crippen molar-refractivity contribution in [1.29, 1.82) is 0 Å². The quantitative estimate of drug-likeness (QED) is 0.678. The van der Waals surface area contributed by atoms with Crippen LogP contribution in [-0.4, -0.2) is 20.8 Å². The summed E-state index contributed by atoms with van der Waals surface area (Å²) in [6, 6.07) is 4.36. The Morgan fingerprint density at radius 1 is 1.14 bits per heavy atom. The summed E-state index contributed by atoms with van der Waals surface area (Å²) in [5, 5.41) is 3.65. The first-order chi connectivity index (χ1) is 10.1. The van der Waals surface area contributed by atoms with Crippen LogP contribution in [0.2, 0.25) is 0 Å². The molecule has 0 amide bonds. The Morgan fingerprint density at radius 3 is 2.33 bits per heavy atom. The second-order valence-electron chi connectivity index (χ2n) is 5.48. The zero-order chi connectivity index (χ0) is 15.8. The summed E-state index contributed by atoms with van der Waals surface area (Å²) in [4.78, 5) is 0. The van der Waals surface area contributed by atoms with Crippen molar-refractivity contribution >= 4 is 15.9 Å². The average molecular weight is 358 g/mol. The van der Waals surface area contributed by atoms with E-state index in [1.165, 1.54) is 12.0 Å². The third-order valence-corrected chi connectivity index (χ3v) is 4.48. The molecule has 0 heterocycles. The van der Waals surface area contributed by atoms with Crippen molar-refractivity contribution in [2.24, 2.45) is 5.92 Å². The van der Waals surface area contributed by atoms with Crippen LogP contribution in [0, 0.1) is 5.92 Å². The average Bonchev–Trinajstić information content (AvgIpc) is 2.50. The molecule has 0 saturated heterocycles. The highest BCUT2D eigenvalue weighted by molar-refractivity contribution is 9.10. The fourth-order valence-corrected chi connectivity index (χ4v) is 2.85. The number of rotatable bonds is 9. The van der Waals surface area contributed by atoms with E-state index < -0.39 is 0 Å². The fraction of sp³-hybridized carbons (Fsp3) is 0.647. The number of halogens is 1. The normalized spacial score (nSPS) is 13.8. The molecule has 4 heteroatoms. The van der Waals surface area contributed by atoms with Crippen molar-refractivity contribution in [1.82, 2.24) is 5.32 Å². The monoisotopic (exact) mass is 357 g/mol. The van der Waals surface area contributed by atoms with E-state index in [4.69, 9.17) is 9.47 Å². The first kappa shape index (κ1) is 18.3. The van der Waals surface area contributed by atoms with E-state index in [2.05, 4.69) is 48.1 Å². The first-order valence-corrected chi connectivity index (χ1v) is 8.51. The van der Waals surface area contributed by atoms with Crippen molar-refractivity contribution in [3.05, 3.63) is 22.2 Å². The predicted molar refractivity (Wildman–Crippen MR) is 92.4 cm³/mol. The molecule has 0 spiro atoms. The van der Waals surface area contributed by atoms with Crippen molar-refractivity contribution < 1.29 is 9.47 Å². The van der Waals surface area contributed by atoms with Crippen LogP contribution in [0.5, 0.6) is 11.5 Å². The molecule has 1 aromatic rings. The molecule has 0 aliphatic rings. The van der Waals surface area contributed by atoms with Gasteiger partial charge in [0.2, 0.25) is 0 Å². The van der Waals surface area contributed by atoms with Crippen LogP contribution in [0.1, 0.15) is 51.6 Å². The van der Waals surface area contributed by atoms with Gasteiger partial charge in [-0.2, -0.15) is 0 Å². The molecule has 0 fully saturated rings. The molecule has 0 bridgehead atoms. The van der Waals surface area contributed by atoms with Crippen molar-refractivity contribution in [3.63, 3.8) is 0 Å². The summed E-state index contributed by atoms with van der Waals surface area (Å²) >= 11 is 3.52. The van der Waals surface area contributed by atoms with Gasteiger partial charge >= 0.3 is 0 Å². The van der Waals surface area contributed by atoms with Crippen LogP contribution in [0.3, 0.4) is 0 Å². The van der Waals surface area contributed by atoms with Gasteiger partial charge in [-0.25, -0.2) is 0 Å². The molecule has 21 heavy (non-hydrogen) atoms. The highest BCUT2D eigenvalue weighted by atomic mass is 79.9. The maximum atomic E-state index is 5.58. The minimum atomic E-state index is 0.289. The van der Waals surface area contributed by atoms with Crippen molar-refractivity contribution in [2.75, 3.05) is 20.8 Å². The van der Waals surface area contributed by atoms with E-state index in [-0.39, 0.29) is 6.04 Å². The second-order valence-corrected chi connectivity index (χ2v) is 6.34. The van der Waals surface area contributed by atoms with Crippen LogP contribution in [0.25, 0.3) is 0 Å². The van der Waals surface area contributed by atoms with Gasteiger partial charge in [-0.1, -0.05) is 27.2 Å². The van der Waals surface area contributed by atoms with E-state index in [1.807, 2.05) is 6.07 Å². The van der Waals surface area contributed by atoms with Gasteiger partial charge < -0.3 is 14.8 Å². The minimum absolute atomic E-state index is 0.289. The molecule has 1 N–H and O–H groups in total. The molecule has 3 nitrogen and oxygen atoms in total. The molecule has 1 rings (SSSR count). The van der Waals surface area contributed by atoms with Gasteiger partial charge in [-0.15, -0.1) is 0 Å². The van der Waals surface area contributed by atoms with E-state index in [0.717, 1.165) is 35.4 Å². The molecule has 120 valence electrons. The van der Waals surface area contributed by atoms with E-state index >= 15 is 0 Å². The van der Waals surface area contributed by atoms with Crippen LogP contribution in [-0.2, 0) is 0 Å². The van der Waals surface area contributed by atoms with Crippen LogP contribution >= 0.6 is 15.9 Å². The molecule has 0 aliphatic carbocycles. The van der Waals surface area contributed by atoms with Gasteiger partial charge in [-0.05, 0) is 53.4 Å². The summed E-state index contributed by atoms with van der Waals surface area (Å²) in [6.45, 7) is 7.72. The van der Waals surface area contributed by atoms with Gasteiger partial charge in [0.05, 0.1) is 18.7 Å². The fourth-order valence-electron chi connectivity index (χ4n) is 2.36. The Balaban J connectivity index is 3.13. The number of ether oxygens (including phenoxy) is 2. The lowest BCUT2D eigenvalue weighted by molar-refractivity contribution is 0.365. The lowest BCUT2D eigenvalue weighted by Gasteiger charge is -2.24. The predicted octanol–water partition coefficient (Wildman–Crippen LogP) is 4.94. The van der Waals surface area contributed by atoms with E-state index in [0.29, 0.717) is 5.92 Å². The summed E-state index contributed by atoms with van der Waals surface area (Å²) in [7, 11) is 3.41. The molecule has 2 atom stereocenters. The Hall–Kier alpha value is -0.740. The zero-order valence-electron chi connectivity index (χ0n) is 13.8. The highest BCUT2D eigenvalue weighted by Crippen LogP contribution is 2.38. The van der Waals surface area contributed by atoms with Crippen molar-refractivity contribution in [3.8, 4) is 11.5 Å².